The number of hydrogen-bond donors (Lipinski definition) is 1. The Morgan fingerprint density at radius 1 is 0.730 bits per heavy atom. The summed E-state index contributed by atoms with van der Waals surface area (Å²) in [6.45, 7) is 0. The number of benzene rings is 4. The van der Waals surface area contributed by atoms with Crippen LogP contribution in [0.2, 0.25) is 0 Å². The van der Waals surface area contributed by atoms with Crippen LogP contribution in [0.15, 0.2) is 120 Å². The summed E-state index contributed by atoms with van der Waals surface area (Å²) in [5.74, 6) is -0.0415. The number of ether oxygens (including phenoxy) is 2. The standard InChI is InChI=1S/C28H21N3O5S/c29-26-19-27(36-28(32)22-13-11-21(12-14-22)20-7-3-1-4-8-20)30-31(26)37(33,34)25-17-15-24(16-18-25)35-23-9-5-2-6-10-23/h1-19H,29H2. The summed E-state index contributed by atoms with van der Waals surface area (Å²) >= 11 is 0. The third kappa shape index (κ3) is 5.21. The van der Waals surface area contributed by atoms with E-state index in [1.807, 2.05) is 48.5 Å². The number of carbonyl (C=O) groups excluding carboxylic acids is 1. The summed E-state index contributed by atoms with van der Waals surface area (Å²) < 4.78 is 37.8. The zero-order chi connectivity index (χ0) is 25.8. The monoisotopic (exact) mass is 511 g/mol. The molecule has 0 aliphatic carbocycles. The van der Waals surface area contributed by atoms with Gasteiger partial charge in [0, 0.05) is 6.07 Å². The van der Waals surface area contributed by atoms with Gasteiger partial charge in [-0.25, -0.2) is 4.79 Å². The number of hydrogen-bond acceptors (Lipinski definition) is 7. The van der Waals surface area contributed by atoms with Gasteiger partial charge in [-0.2, -0.15) is 8.42 Å². The molecule has 0 atom stereocenters. The van der Waals surface area contributed by atoms with Gasteiger partial charge < -0.3 is 15.2 Å². The molecular weight excluding hydrogens is 490 g/mol. The Morgan fingerprint density at radius 2 is 1.30 bits per heavy atom. The second-order valence-corrected chi connectivity index (χ2v) is 9.74. The Hall–Kier alpha value is -4.89. The predicted molar refractivity (Wildman–Crippen MR) is 139 cm³/mol. The molecule has 37 heavy (non-hydrogen) atoms. The van der Waals surface area contributed by atoms with Crippen LogP contribution in [0.1, 0.15) is 10.4 Å². The second-order valence-electron chi connectivity index (χ2n) is 7.97. The first kappa shape index (κ1) is 23.8. The molecule has 0 radical (unpaired) electrons. The summed E-state index contributed by atoms with van der Waals surface area (Å²) in [6.07, 6.45) is 0. The van der Waals surface area contributed by atoms with Gasteiger partial charge in [-0.15, -0.1) is 9.19 Å². The summed E-state index contributed by atoms with van der Waals surface area (Å²) in [4.78, 5) is 12.6. The molecule has 184 valence electrons. The van der Waals surface area contributed by atoms with E-state index in [-0.39, 0.29) is 22.2 Å². The maximum Gasteiger partial charge on any atom is 0.344 e. The number of anilines is 1. The zero-order valence-electron chi connectivity index (χ0n) is 19.4. The molecule has 0 aliphatic heterocycles. The fourth-order valence-electron chi connectivity index (χ4n) is 3.59. The van der Waals surface area contributed by atoms with E-state index in [9.17, 15) is 13.2 Å². The van der Waals surface area contributed by atoms with Crippen molar-refractivity contribution in [2.45, 2.75) is 4.90 Å². The lowest BCUT2D eigenvalue weighted by molar-refractivity contribution is 0.0727. The first-order chi connectivity index (χ1) is 17.9. The smallest absolute Gasteiger partial charge is 0.344 e. The van der Waals surface area contributed by atoms with E-state index in [1.54, 1.807) is 36.4 Å². The Labute approximate surface area is 213 Å². The van der Waals surface area contributed by atoms with Gasteiger partial charge in [-0.1, -0.05) is 60.7 Å². The first-order valence-electron chi connectivity index (χ1n) is 11.2. The van der Waals surface area contributed by atoms with Gasteiger partial charge in [0.2, 0.25) is 5.88 Å². The van der Waals surface area contributed by atoms with Gasteiger partial charge in [-0.3, -0.25) is 0 Å². The molecule has 0 fully saturated rings. The van der Waals surface area contributed by atoms with Crippen LogP contribution in [-0.4, -0.2) is 23.6 Å². The minimum atomic E-state index is -4.14. The van der Waals surface area contributed by atoms with Crippen molar-refractivity contribution >= 4 is 21.8 Å². The molecule has 0 saturated carbocycles. The van der Waals surface area contributed by atoms with Crippen molar-refractivity contribution in [1.82, 2.24) is 9.19 Å². The van der Waals surface area contributed by atoms with Gasteiger partial charge in [0.25, 0.3) is 10.0 Å². The van der Waals surface area contributed by atoms with Gasteiger partial charge in [0.15, 0.2) is 0 Å². The van der Waals surface area contributed by atoms with Crippen LogP contribution in [0, 0.1) is 0 Å². The van der Waals surface area contributed by atoms with Gasteiger partial charge in [0.1, 0.15) is 17.3 Å². The van der Waals surface area contributed by atoms with Crippen molar-refractivity contribution in [2.75, 3.05) is 5.73 Å². The van der Waals surface area contributed by atoms with Crippen molar-refractivity contribution in [3.63, 3.8) is 0 Å². The van der Waals surface area contributed by atoms with Crippen LogP contribution in [-0.2, 0) is 10.0 Å². The van der Waals surface area contributed by atoms with E-state index in [2.05, 4.69) is 5.10 Å². The number of nitrogen functional groups attached to an aromatic ring is 1. The van der Waals surface area contributed by atoms with E-state index < -0.39 is 16.0 Å². The summed E-state index contributed by atoms with van der Waals surface area (Å²) in [6, 6.07) is 32.7. The highest BCUT2D eigenvalue weighted by atomic mass is 32.2. The van der Waals surface area contributed by atoms with Crippen molar-refractivity contribution in [3.8, 4) is 28.5 Å². The summed E-state index contributed by atoms with van der Waals surface area (Å²) in [5.41, 5.74) is 8.14. The number of aromatic nitrogens is 2. The highest BCUT2D eigenvalue weighted by molar-refractivity contribution is 7.90. The molecule has 5 aromatic rings. The van der Waals surface area contributed by atoms with Crippen LogP contribution in [0.5, 0.6) is 17.4 Å². The lowest BCUT2D eigenvalue weighted by atomic mass is 10.0. The maximum atomic E-state index is 13.1. The van der Waals surface area contributed by atoms with Gasteiger partial charge >= 0.3 is 5.97 Å². The SMILES string of the molecule is Nc1cc(OC(=O)c2ccc(-c3ccccc3)cc2)nn1S(=O)(=O)c1ccc(Oc2ccccc2)cc1. The first-order valence-corrected chi connectivity index (χ1v) is 12.7. The normalized spacial score (nSPS) is 11.1. The summed E-state index contributed by atoms with van der Waals surface area (Å²) in [7, 11) is -4.14. The number of esters is 1. The number of nitrogens with two attached hydrogens (primary N) is 1. The molecule has 0 amide bonds. The molecule has 0 saturated heterocycles. The number of rotatable bonds is 7. The Kier molecular flexibility index (Phi) is 6.44. The highest BCUT2D eigenvalue weighted by Crippen LogP contribution is 2.26. The van der Waals surface area contributed by atoms with Crippen LogP contribution < -0.4 is 15.2 Å². The average molecular weight is 512 g/mol. The molecule has 5 rings (SSSR count). The molecule has 0 unspecified atom stereocenters. The topological polar surface area (TPSA) is 114 Å². The molecule has 2 N–H and O–H groups in total. The fourth-order valence-corrected chi connectivity index (χ4v) is 4.79. The Bertz CT molecular complexity index is 1630. The highest BCUT2D eigenvalue weighted by Gasteiger charge is 2.23. The van der Waals surface area contributed by atoms with Crippen molar-refractivity contribution < 1.29 is 22.7 Å². The van der Waals surface area contributed by atoms with E-state index in [4.69, 9.17) is 15.2 Å². The Morgan fingerprint density at radius 3 is 1.95 bits per heavy atom. The lowest BCUT2D eigenvalue weighted by Crippen LogP contribution is -2.17. The molecule has 8 nitrogen and oxygen atoms in total. The average Bonchev–Trinajstić information content (AvgIpc) is 3.30. The van der Waals surface area contributed by atoms with Gasteiger partial charge in [0.05, 0.1) is 10.5 Å². The molecule has 9 heteroatoms. The Balaban J connectivity index is 1.30. The quantitative estimate of drug-likeness (QED) is 0.292. The van der Waals surface area contributed by atoms with E-state index in [0.717, 1.165) is 11.1 Å². The number of nitrogens with zero attached hydrogens (tertiary/aromatic N) is 2. The molecule has 1 aromatic heterocycles. The molecular formula is C28H21N3O5S. The largest absolute Gasteiger partial charge is 0.457 e. The minimum absolute atomic E-state index is 0.0583. The van der Waals surface area contributed by atoms with Crippen molar-refractivity contribution in [2.24, 2.45) is 0 Å². The van der Waals surface area contributed by atoms with E-state index >= 15 is 0 Å². The zero-order valence-corrected chi connectivity index (χ0v) is 20.2. The lowest BCUT2D eigenvalue weighted by Gasteiger charge is -2.08. The third-order valence-electron chi connectivity index (χ3n) is 5.43. The fraction of sp³-hybridized carbons (Fsp3) is 0. The van der Waals surface area contributed by atoms with Gasteiger partial charge in [-0.05, 0) is 59.7 Å². The van der Waals surface area contributed by atoms with Crippen molar-refractivity contribution in [1.29, 1.82) is 0 Å². The summed E-state index contributed by atoms with van der Waals surface area (Å²) in [5, 5.41) is 3.91. The van der Waals surface area contributed by atoms with E-state index in [0.29, 0.717) is 15.6 Å². The molecule has 1 heterocycles. The molecule has 4 aromatic carbocycles. The number of para-hydroxylation sites is 1. The maximum absolute atomic E-state index is 13.1. The van der Waals surface area contributed by atoms with Crippen molar-refractivity contribution in [3.05, 3.63) is 121 Å². The van der Waals surface area contributed by atoms with Crippen LogP contribution >= 0.6 is 0 Å². The van der Waals surface area contributed by atoms with Crippen LogP contribution in [0.25, 0.3) is 11.1 Å². The molecule has 0 aliphatic rings. The molecule has 0 spiro atoms. The third-order valence-corrected chi connectivity index (χ3v) is 7.05. The predicted octanol–water partition coefficient (Wildman–Crippen LogP) is 5.38. The van der Waals surface area contributed by atoms with Crippen LogP contribution in [0.3, 0.4) is 0 Å². The molecule has 0 bridgehead atoms. The second kappa shape index (κ2) is 10.00. The van der Waals surface area contributed by atoms with E-state index in [1.165, 1.54) is 30.3 Å². The number of carbonyl (C=O) groups is 1. The minimum Gasteiger partial charge on any atom is -0.457 e. The van der Waals surface area contributed by atoms with Crippen LogP contribution in [0.4, 0.5) is 5.82 Å².